The maximum Gasteiger partial charge on any atom is 0.336 e. The van der Waals surface area contributed by atoms with E-state index in [-0.39, 0.29) is 24.8 Å². The summed E-state index contributed by atoms with van der Waals surface area (Å²) < 4.78 is 22.6. The van der Waals surface area contributed by atoms with Crippen molar-refractivity contribution in [2.24, 2.45) is 10.9 Å². The molecule has 2 N–H and O–H groups in total. The number of aliphatic imine (C=N–C) groups is 1. The van der Waals surface area contributed by atoms with Crippen molar-refractivity contribution in [2.45, 2.75) is 45.3 Å². The van der Waals surface area contributed by atoms with Gasteiger partial charge in [-0.05, 0) is 30.7 Å². The van der Waals surface area contributed by atoms with Crippen molar-refractivity contribution in [2.75, 3.05) is 40.1 Å². The van der Waals surface area contributed by atoms with Gasteiger partial charge in [-0.3, -0.25) is 4.99 Å². The summed E-state index contributed by atoms with van der Waals surface area (Å²) >= 11 is 6.48. The number of benzene rings is 2. The second kappa shape index (κ2) is 16.1. The van der Waals surface area contributed by atoms with Gasteiger partial charge in [0.1, 0.15) is 12.7 Å². The van der Waals surface area contributed by atoms with Crippen molar-refractivity contribution >= 4 is 23.3 Å². The van der Waals surface area contributed by atoms with Gasteiger partial charge in [0.15, 0.2) is 11.5 Å². The van der Waals surface area contributed by atoms with Crippen LogP contribution in [0.4, 0.5) is 0 Å². The number of para-hydroxylation sites is 2. The molecule has 0 fully saturated rings. The summed E-state index contributed by atoms with van der Waals surface area (Å²) in [5.41, 5.74) is 1.92. The number of esters is 1. The number of aliphatic hydroxyl groups excluding tert-OH is 1. The van der Waals surface area contributed by atoms with E-state index < -0.39 is 23.9 Å². The van der Waals surface area contributed by atoms with E-state index in [9.17, 15) is 15.2 Å². The van der Waals surface area contributed by atoms with Crippen LogP contribution in [0.3, 0.4) is 0 Å². The van der Waals surface area contributed by atoms with Gasteiger partial charge < -0.3 is 29.4 Å². The van der Waals surface area contributed by atoms with E-state index in [1.807, 2.05) is 38.1 Å². The van der Waals surface area contributed by atoms with E-state index in [1.165, 1.54) is 7.11 Å². The zero-order chi connectivity index (χ0) is 29.8. The molecule has 220 valence electrons. The third kappa shape index (κ3) is 9.03. The van der Waals surface area contributed by atoms with E-state index in [0.29, 0.717) is 59.7 Å². The number of hydrogen-bond acceptors (Lipinski definition) is 9. The Morgan fingerprint density at radius 1 is 1.12 bits per heavy atom. The molecule has 10 heteroatoms. The number of ether oxygens (including phenoxy) is 4. The molecule has 1 aliphatic rings. The molecule has 1 aliphatic heterocycles. The number of nitriles is 1. The molecule has 2 aromatic carbocycles. The predicted octanol–water partition coefficient (Wildman–Crippen LogP) is 4.69. The Morgan fingerprint density at radius 2 is 1.80 bits per heavy atom. The summed E-state index contributed by atoms with van der Waals surface area (Å²) in [4.78, 5) is 17.5. The zero-order valence-corrected chi connectivity index (χ0v) is 24.7. The molecule has 3 rings (SSSR count). The van der Waals surface area contributed by atoms with E-state index in [2.05, 4.69) is 16.4 Å². The first-order chi connectivity index (χ1) is 19.8. The van der Waals surface area contributed by atoms with Crippen LogP contribution in [0.1, 0.15) is 38.7 Å². The van der Waals surface area contributed by atoms with Crippen molar-refractivity contribution in [3.63, 3.8) is 0 Å². The van der Waals surface area contributed by atoms with Crippen molar-refractivity contribution in [1.29, 1.82) is 5.26 Å². The molecule has 0 bridgehead atoms. The van der Waals surface area contributed by atoms with Crippen LogP contribution in [-0.4, -0.2) is 69.0 Å². The molecule has 3 unspecified atom stereocenters. The van der Waals surface area contributed by atoms with Gasteiger partial charge in [-0.15, -0.1) is 0 Å². The fourth-order valence-corrected chi connectivity index (χ4v) is 4.70. The highest BCUT2D eigenvalue weighted by Crippen LogP contribution is 2.41. The SMILES string of the molecule is COC(=O)C1=C(COCCCOc2ccccc2OCC(O)CNC(C)C)N=C(C)C(C#N)C1c1ccccc1Cl. The molecule has 0 aromatic heterocycles. The Kier molecular flexibility index (Phi) is 12.6. The summed E-state index contributed by atoms with van der Waals surface area (Å²) in [6.07, 6.45) is -0.0804. The highest BCUT2D eigenvalue weighted by Gasteiger charge is 2.39. The van der Waals surface area contributed by atoms with Gasteiger partial charge >= 0.3 is 5.97 Å². The van der Waals surface area contributed by atoms with Crippen molar-refractivity contribution in [3.8, 4) is 17.6 Å². The quantitative estimate of drug-likeness (QED) is 0.229. The average molecular weight is 584 g/mol. The molecule has 0 saturated carbocycles. The van der Waals surface area contributed by atoms with E-state index in [1.54, 1.807) is 31.2 Å². The maximum atomic E-state index is 12.9. The van der Waals surface area contributed by atoms with Gasteiger partial charge in [0, 0.05) is 35.7 Å². The topological polar surface area (TPSA) is 122 Å². The third-order valence-corrected chi connectivity index (χ3v) is 6.82. The lowest BCUT2D eigenvalue weighted by Crippen LogP contribution is -2.35. The van der Waals surface area contributed by atoms with Crippen LogP contribution in [0.25, 0.3) is 0 Å². The molecule has 0 radical (unpaired) electrons. The van der Waals surface area contributed by atoms with Crippen molar-refractivity contribution < 1.29 is 28.8 Å². The summed E-state index contributed by atoms with van der Waals surface area (Å²) in [5, 5.41) is 23.7. The Hall–Kier alpha value is -3.42. The molecule has 3 atom stereocenters. The second-order valence-electron chi connectivity index (χ2n) is 9.94. The van der Waals surface area contributed by atoms with Crippen LogP contribution in [0.15, 0.2) is 64.8 Å². The van der Waals surface area contributed by atoms with Gasteiger partial charge in [-0.25, -0.2) is 4.79 Å². The van der Waals surface area contributed by atoms with E-state index in [4.69, 9.17) is 30.5 Å². The molecular formula is C31H38ClN3O6. The molecule has 0 spiro atoms. The first kappa shape index (κ1) is 32.1. The minimum Gasteiger partial charge on any atom is -0.490 e. The molecule has 41 heavy (non-hydrogen) atoms. The fourth-order valence-electron chi connectivity index (χ4n) is 4.44. The molecule has 0 aliphatic carbocycles. The van der Waals surface area contributed by atoms with E-state index in [0.717, 1.165) is 0 Å². The number of aliphatic hydroxyl groups is 1. The smallest absolute Gasteiger partial charge is 0.336 e. The Bertz CT molecular complexity index is 1270. The number of methoxy groups -OCH3 is 1. The highest BCUT2D eigenvalue weighted by molar-refractivity contribution is 6.31. The van der Waals surface area contributed by atoms with Gasteiger partial charge in [-0.2, -0.15) is 5.26 Å². The lowest BCUT2D eigenvalue weighted by atomic mass is 9.76. The number of hydrogen-bond donors (Lipinski definition) is 2. The van der Waals surface area contributed by atoms with Crippen LogP contribution >= 0.6 is 11.6 Å². The number of carbonyl (C=O) groups is 1. The summed E-state index contributed by atoms with van der Waals surface area (Å²) in [7, 11) is 1.30. The Labute approximate surface area is 246 Å². The van der Waals surface area contributed by atoms with Crippen molar-refractivity contribution in [1.82, 2.24) is 5.32 Å². The monoisotopic (exact) mass is 583 g/mol. The Morgan fingerprint density at radius 3 is 2.46 bits per heavy atom. The van der Waals surface area contributed by atoms with Gasteiger partial charge in [0.05, 0.1) is 50.2 Å². The predicted molar refractivity (Wildman–Crippen MR) is 157 cm³/mol. The number of carbonyl (C=O) groups excluding carboxylic acids is 1. The van der Waals surface area contributed by atoms with Crippen LogP contribution in [-0.2, 0) is 14.3 Å². The number of nitrogens with one attached hydrogen (secondary N) is 1. The zero-order valence-electron chi connectivity index (χ0n) is 23.9. The van der Waals surface area contributed by atoms with E-state index >= 15 is 0 Å². The largest absolute Gasteiger partial charge is 0.490 e. The third-order valence-electron chi connectivity index (χ3n) is 6.47. The minimum atomic E-state index is -0.670. The summed E-state index contributed by atoms with van der Waals surface area (Å²) in [5.74, 6) is -0.748. The summed E-state index contributed by atoms with van der Waals surface area (Å²) in [6.45, 7) is 7.13. The number of rotatable bonds is 15. The first-order valence-corrected chi connectivity index (χ1v) is 14.0. The number of halogens is 1. The van der Waals surface area contributed by atoms with Gasteiger partial charge in [-0.1, -0.05) is 55.8 Å². The number of nitrogens with zero attached hydrogens (tertiary/aromatic N) is 2. The molecule has 1 heterocycles. The van der Waals surface area contributed by atoms with Crippen LogP contribution in [0.5, 0.6) is 11.5 Å². The normalized spacial score (nSPS) is 17.6. The van der Waals surface area contributed by atoms with Crippen LogP contribution in [0, 0.1) is 17.2 Å². The van der Waals surface area contributed by atoms with Gasteiger partial charge in [0.2, 0.25) is 0 Å². The Balaban J connectivity index is 1.60. The highest BCUT2D eigenvalue weighted by atomic mass is 35.5. The summed E-state index contributed by atoms with van der Waals surface area (Å²) in [6, 6.07) is 17.0. The van der Waals surface area contributed by atoms with Gasteiger partial charge in [0.25, 0.3) is 0 Å². The standard InChI is InChI=1S/C31H38ClN3O6/c1-20(2)34-17-22(36)18-41-28-13-8-7-12-27(28)40-15-9-14-39-19-26-30(31(37)38-4)29(24(16-33)21(3)35-26)23-10-5-6-11-25(23)32/h5-8,10-13,20,22,24,29,34,36H,9,14-15,17-19H2,1-4H3. The van der Waals surface area contributed by atoms with Crippen LogP contribution in [0.2, 0.25) is 5.02 Å². The maximum absolute atomic E-state index is 12.9. The molecule has 9 nitrogen and oxygen atoms in total. The fraction of sp³-hybridized carbons (Fsp3) is 0.452. The average Bonchev–Trinajstić information content (AvgIpc) is 2.96. The lowest BCUT2D eigenvalue weighted by molar-refractivity contribution is -0.136. The molecular weight excluding hydrogens is 546 g/mol. The molecule has 0 amide bonds. The molecule has 0 saturated heterocycles. The first-order valence-electron chi connectivity index (χ1n) is 13.6. The molecule has 2 aromatic rings. The van der Waals surface area contributed by atoms with Crippen molar-refractivity contribution in [3.05, 3.63) is 70.4 Å². The second-order valence-corrected chi connectivity index (χ2v) is 10.3. The van der Waals surface area contributed by atoms with Crippen LogP contribution < -0.4 is 14.8 Å². The minimum absolute atomic E-state index is 0.0584. The lowest BCUT2D eigenvalue weighted by Gasteiger charge is -2.30.